The summed E-state index contributed by atoms with van der Waals surface area (Å²) >= 11 is 3.26. The molecule has 0 saturated carbocycles. The minimum Gasteiger partial charge on any atom is -0.395 e. The number of hydrogen-bond acceptors (Lipinski definition) is 5. The number of aliphatic hydroxyl groups is 1. The van der Waals surface area contributed by atoms with Crippen molar-refractivity contribution in [2.75, 3.05) is 6.61 Å². The summed E-state index contributed by atoms with van der Waals surface area (Å²) in [5, 5.41) is 9.54. The molecule has 0 aliphatic heterocycles. The topological polar surface area (TPSA) is 59.1 Å². The predicted molar refractivity (Wildman–Crippen MR) is 83.8 cm³/mol. The Morgan fingerprint density at radius 2 is 2.11 bits per heavy atom. The van der Waals surface area contributed by atoms with E-state index in [-0.39, 0.29) is 17.9 Å². The monoisotopic (exact) mass is 296 g/mol. The number of thiazole rings is 1. The predicted octanol–water partition coefficient (Wildman–Crippen LogP) is 3.12. The third kappa shape index (κ3) is 3.92. The minimum atomic E-state index is 0.00186. The normalized spacial score (nSPS) is 15.0. The third-order valence-electron chi connectivity index (χ3n) is 2.93. The number of para-hydroxylation sites is 1. The molecule has 2 aromatic rings. The lowest BCUT2D eigenvalue weighted by atomic mass is 10.0. The molecule has 1 aromatic carbocycles. The second kappa shape index (κ2) is 6.70. The first-order valence-corrected chi connectivity index (χ1v) is 8.18. The van der Waals surface area contributed by atoms with E-state index in [1.54, 1.807) is 23.1 Å². The van der Waals surface area contributed by atoms with E-state index in [4.69, 9.17) is 5.73 Å². The summed E-state index contributed by atoms with van der Waals surface area (Å²) in [6, 6.07) is 8.09. The van der Waals surface area contributed by atoms with Gasteiger partial charge in [0.25, 0.3) is 0 Å². The van der Waals surface area contributed by atoms with Gasteiger partial charge in [-0.3, -0.25) is 0 Å². The Bertz CT molecular complexity index is 494. The maximum Gasteiger partial charge on any atom is 0.151 e. The smallest absolute Gasteiger partial charge is 0.151 e. The molecule has 3 nitrogen and oxygen atoms in total. The average Bonchev–Trinajstić information content (AvgIpc) is 2.77. The summed E-state index contributed by atoms with van der Waals surface area (Å²) < 4.78 is 2.17. The largest absolute Gasteiger partial charge is 0.395 e. The van der Waals surface area contributed by atoms with E-state index in [1.807, 2.05) is 18.2 Å². The molecule has 5 heteroatoms. The van der Waals surface area contributed by atoms with E-state index in [9.17, 15) is 5.11 Å². The first-order valence-electron chi connectivity index (χ1n) is 6.48. The van der Waals surface area contributed by atoms with Crippen molar-refractivity contribution >= 4 is 33.3 Å². The molecule has 2 rings (SSSR count). The van der Waals surface area contributed by atoms with Gasteiger partial charge in [-0.05, 0) is 24.5 Å². The van der Waals surface area contributed by atoms with Gasteiger partial charge in [0.1, 0.15) is 0 Å². The van der Waals surface area contributed by atoms with Crippen molar-refractivity contribution in [1.82, 2.24) is 4.98 Å². The summed E-state index contributed by atoms with van der Waals surface area (Å²) in [5.41, 5.74) is 7.19. The van der Waals surface area contributed by atoms with E-state index in [1.165, 1.54) is 4.70 Å². The Kier molecular flexibility index (Phi) is 5.21. The quantitative estimate of drug-likeness (QED) is 0.804. The molecule has 0 spiro atoms. The van der Waals surface area contributed by atoms with Crippen molar-refractivity contribution in [1.29, 1.82) is 0 Å². The van der Waals surface area contributed by atoms with Crippen LogP contribution in [0.3, 0.4) is 0 Å². The zero-order valence-electron chi connectivity index (χ0n) is 11.2. The highest BCUT2D eigenvalue weighted by atomic mass is 32.2. The lowest BCUT2D eigenvalue weighted by Crippen LogP contribution is -2.36. The lowest BCUT2D eigenvalue weighted by Gasteiger charge is -2.21. The Morgan fingerprint density at radius 1 is 1.37 bits per heavy atom. The van der Waals surface area contributed by atoms with Crippen LogP contribution >= 0.6 is 23.1 Å². The molecule has 0 aliphatic rings. The zero-order valence-corrected chi connectivity index (χ0v) is 12.9. The highest BCUT2D eigenvalue weighted by Gasteiger charge is 2.21. The molecular formula is C14H20N2OS2. The van der Waals surface area contributed by atoms with Crippen molar-refractivity contribution in [2.45, 2.75) is 35.9 Å². The molecule has 0 saturated heterocycles. The molecule has 0 amide bonds. The second-order valence-corrected chi connectivity index (χ2v) is 7.60. The van der Waals surface area contributed by atoms with Crippen molar-refractivity contribution < 1.29 is 5.11 Å². The van der Waals surface area contributed by atoms with E-state index < -0.39 is 0 Å². The van der Waals surface area contributed by atoms with Crippen LogP contribution < -0.4 is 5.73 Å². The zero-order chi connectivity index (χ0) is 13.8. The number of aliphatic hydroxyl groups excluding tert-OH is 1. The van der Waals surface area contributed by atoms with Gasteiger partial charge < -0.3 is 10.8 Å². The van der Waals surface area contributed by atoms with Gasteiger partial charge in [0.05, 0.1) is 16.8 Å². The van der Waals surface area contributed by atoms with Gasteiger partial charge in [-0.1, -0.05) is 37.7 Å². The molecule has 19 heavy (non-hydrogen) atoms. The molecule has 1 heterocycles. The second-order valence-electron chi connectivity index (χ2n) is 5.08. The lowest BCUT2D eigenvalue weighted by molar-refractivity contribution is 0.275. The summed E-state index contributed by atoms with van der Waals surface area (Å²) in [4.78, 5) is 4.58. The summed E-state index contributed by atoms with van der Waals surface area (Å²) in [6.07, 6.45) is 0.920. The van der Waals surface area contributed by atoms with Crippen molar-refractivity contribution in [3.8, 4) is 0 Å². The highest BCUT2D eigenvalue weighted by Crippen LogP contribution is 2.33. The van der Waals surface area contributed by atoms with Crippen LogP contribution in [-0.4, -0.2) is 28.0 Å². The average molecular weight is 296 g/mol. The Hall–Kier alpha value is -0.620. The molecule has 0 radical (unpaired) electrons. The molecule has 104 valence electrons. The number of thioether (sulfide) groups is 1. The van der Waals surface area contributed by atoms with Crippen LogP contribution in [0.1, 0.15) is 20.3 Å². The van der Waals surface area contributed by atoms with Crippen molar-refractivity contribution in [3.05, 3.63) is 24.3 Å². The van der Waals surface area contributed by atoms with Crippen LogP contribution in [0.4, 0.5) is 0 Å². The number of hydrogen-bond donors (Lipinski definition) is 2. The van der Waals surface area contributed by atoms with E-state index in [2.05, 4.69) is 24.9 Å². The Labute approximate surface area is 122 Å². The summed E-state index contributed by atoms with van der Waals surface area (Å²) in [6.45, 7) is 4.39. The van der Waals surface area contributed by atoms with Gasteiger partial charge in [0.15, 0.2) is 4.34 Å². The van der Waals surface area contributed by atoms with E-state index in [0.717, 1.165) is 16.3 Å². The van der Waals surface area contributed by atoms with Crippen LogP contribution in [0.15, 0.2) is 28.6 Å². The fourth-order valence-corrected chi connectivity index (χ4v) is 4.29. The molecule has 2 atom stereocenters. The fourth-order valence-electron chi connectivity index (χ4n) is 1.99. The van der Waals surface area contributed by atoms with Crippen LogP contribution in [0.5, 0.6) is 0 Å². The van der Waals surface area contributed by atoms with Crippen LogP contribution in [0.25, 0.3) is 10.2 Å². The molecule has 3 N–H and O–H groups in total. The summed E-state index contributed by atoms with van der Waals surface area (Å²) in [7, 11) is 0. The number of rotatable bonds is 6. The number of benzene rings is 1. The number of aromatic nitrogens is 1. The first kappa shape index (κ1) is 14.8. The first-order chi connectivity index (χ1) is 9.10. The highest BCUT2D eigenvalue weighted by molar-refractivity contribution is 8.01. The SMILES string of the molecule is CC(C)CC(N)C(CO)Sc1nc2ccccc2s1. The molecule has 0 bridgehead atoms. The van der Waals surface area contributed by atoms with Gasteiger partial charge in [-0.2, -0.15) is 0 Å². The molecule has 0 aliphatic carbocycles. The van der Waals surface area contributed by atoms with Gasteiger partial charge in [-0.25, -0.2) is 4.98 Å². The van der Waals surface area contributed by atoms with Crippen molar-refractivity contribution in [3.63, 3.8) is 0 Å². The maximum atomic E-state index is 9.52. The molecule has 1 aromatic heterocycles. The fraction of sp³-hybridized carbons (Fsp3) is 0.500. The summed E-state index contributed by atoms with van der Waals surface area (Å²) in [5.74, 6) is 0.542. The van der Waals surface area contributed by atoms with Gasteiger partial charge in [-0.15, -0.1) is 11.3 Å². The van der Waals surface area contributed by atoms with E-state index in [0.29, 0.717) is 5.92 Å². The standard InChI is InChI=1S/C14H20N2OS2/c1-9(2)7-10(15)13(8-17)19-14-16-11-5-3-4-6-12(11)18-14/h3-6,9-10,13,17H,7-8,15H2,1-2H3. The van der Waals surface area contributed by atoms with Crippen LogP contribution in [-0.2, 0) is 0 Å². The molecule has 2 unspecified atom stereocenters. The molecule has 0 fully saturated rings. The van der Waals surface area contributed by atoms with Crippen LogP contribution in [0, 0.1) is 5.92 Å². The van der Waals surface area contributed by atoms with Gasteiger partial charge in [0.2, 0.25) is 0 Å². The Balaban J connectivity index is 2.09. The number of nitrogens with two attached hydrogens (primary N) is 1. The van der Waals surface area contributed by atoms with E-state index >= 15 is 0 Å². The minimum absolute atomic E-state index is 0.00186. The maximum absolute atomic E-state index is 9.52. The third-order valence-corrected chi connectivity index (χ3v) is 5.39. The number of nitrogens with zero attached hydrogens (tertiary/aromatic N) is 1. The molecular weight excluding hydrogens is 276 g/mol. The number of fused-ring (bicyclic) bond motifs is 1. The van der Waals surface area contributed by atoms with Crippen molar-refractivity contribution in [2.24, 2.45) is 11.7 Å². The van der Waals surface area contributed by atoms with Gasteiger partial charge >= 0.3 is 0 Å². The van der Waals surface area contributed by atoms with Gasteiger partial charge in [0, 0.05) is 11.3 Å². The Morgan fingerprint density at radius 3 is 2.74 bits per heavy atom. The van der Waals surface area contributed by atoms with Crippen LogP contribution in [0.2, 0.25) is 0 Å².